The molecule has 0 aromatic heterocycles. The molecule has 0 heterocycles. The summed E-state index contributed by atoms with van der Waals surface area (Å²) in [6.45, 7) is 14.6. The molecule has 0 unspecified atom stereocenters. The van der Waals surface area contributed by atoms with Gasteiger partial charge in [0, 0.05) is 11.1 Å². The van der Waals surface area contributed by atoms with Crippen molar-refractivity contribution in [1.29, 1.82) is 0 Å². The second-order valence-electron chi connectivity index (χ2n) is 7.23. The molecule has 0 aliphatic carbocycles. The van der Waals surface area contributed by atoms with Crippen LogP contribution >= 0.6 is 0 Å². The van der Waals surface area contributed by atoms with E-state index in [2.05, 4.69) is 39.1 Å². The van der Waals surface area contributed by atoms with Crippen LogP contribution in [0.1, 0.15) is 70.0 Å². The van der Waals surface area contributed by atoms with Crippen molar-refractivity contribution in [2.45, 2.75) is 65.8 Å². The highest BCUT2D eigenvalue weighted by atomic mass is 16.1. The van der Waals surface area contributed by atoms with E-state index in [0.29, 0.717) is 0 Å². The summed E-state index contributed by atoms with van der Waals surface area (Å²) in [5.41, 5.74) is 3.04. The summed E-state index contributed by atoms with van der Waals surface area (Å²) in [6, 6.07) is 6.21. The molecule has 106 valence electrons. The van der Waals surface area contributed by atoms with Gasteiger partial charge in [-0.05, 0) is 55.9 Å². The molecular formula is C17H27NO. The van der Waals surface area contributed by atoms with Gasteiger partial charge in [-0.3, -0.25) is 4.79 Å². The van der Waals surface area contributed by atoms with Gasteiger partial charge in [0.2, 0.25) is 0 Å². The van der Waals surface area contributed by atoms with Gasteiger partial charge in [-0.25, -0.2) is 0 Å². The summed E-state index contributed by atoms with van der Waals surface area (Å²) < 4.78 is 0. The van der Waals surface area contributed by atoms with E-state index in [1.807, 2.05) is 32.9 Å². The smallest absolute Gasteiger partial charge is 0.251 e. The number of carbonyl (C=O) groups excluding carboxylic acids is 1. The SMILES string of the molecule is CCc1cc(C(=O)NC(C)(C)C)cc(C(C)(C)C)c1. The van der Waals surface area contributed by atoms with Crippen LogP contribution in [0.15, 0.2) is 18.2 Å². The van der Waals surface area contributed by atoms with Gasteiger partial charge in [-0.15, -0.1) is 0 Å². The first-order valence-corrected chi connectivity index (χ1v) is 7.00. The van der Waals surface area contributed by atoms with Gasteiger partial charge in [0.1, 0.15) is 0 Å². The summed E-state index contributed by atoms with van der Waals surface area (Å²) in [4.78, 5) is 12.3. The second kappa shape index (κ2) is 5.36. The monoisotopic (exact) mass is 261 g/mol. The molecule has 1 amide bonds. The van der Waals surface area contributed by atoms with Crippen molar-refractivity contribution < 1.29 is 4.79 Å². The maximum Gasteiger partial charge on any atom is 0.251 e. The molecule has 19 heavy (non-hydrogen) atoms. The number of nitrogens with one attached hydrogen (secondary N) is 1. The zero-order valence-corrected chi connectivity index (χ0v) is 13.3. The standard InChI is InChI=1S/C17H27NO/c1-8-12-9-13(15(19)18-17(5,6)7)11-14(10-12)16(2,3)4/h9-11H,8H2,1-7H3,(H,18,19). The maximum absolute atomic E-state index is 12.3. The Balaban J connectivity index is 3.18. The Morgan fingerprint density at radius 3 is 2.05 bits per heavy atom. The van der Waals surface area contributed by atoms with E-state index in [1.54, 1.807) is 0 Å². The van der Waals surface area contributed by atoms with E-state index in [4.69, 9.17) is 0 Å². The fourth-order valence-electron chi connectivity index (χ4n) is 1.87. The number of rotatable bonds is 2. The molecule has 1 aromatic rings. The zero-order chi connectivity index (χ0) is 14.8. The Hall–Kier alpha value is -1.31. The average molecular weight is 261 g/mol. The molecule has 0 spiro atoms. The Morgan fingerprint density at radius 1 is 1.05 bits per heavy atom. The highest BCUT2D eigenvalue weighted by molar-refractivity contribution is 5.95. The molecule has 2 heteroatoms. The van der Waals surface area contributed by atoms with Crippen LogP contribution in [0.2, 0.25) is 0 Å². The Bertz CT molecular complexity index is 461. The molecule has 0 aliphatic heterocycles. The predicted octanol–water partition coefficient (Wildman–Crippen LogP) is 4.07. The lowest BCUT2D eigenvalue weighted by atomic mass is 9.84. The summed E-state index contributed by atoms with van der Waals surface area (Å²) in [5, 5.41) is 3.03. The van der Waals surface area contributed by atoms with Crippen molar-refractivity contribution in [3.05, 3.63) is 34.9 Å². The van der Waals surface area contributed by atoms with E-state index in [1.165, 1.54) is 11.1 Å². The molecule has 0 radical (unpaired) electrons. The molecular weight excluding hydrogens is 234 g/mol. The minimum absolute atomic E-state index is 0.00769. The molecule has 0 saturated carbocycles. The quantitative estimate of drug-likeness (QED) is 0.854. The van der Waals surface area contributed by atoms with Crippen molar-refractivity contribution in [2.75, 3.05) is 0 Å². The normalized spacial score (nSPS) is 12.4. The Morgan fingerprint density at radius 2 is 1.63 bits per heavy atom. The fourth-order valence-corrected chi connectivity index (χ4v) is 1.87. The van der Waals surface area contributed by atoms with Crippen LogP contribution in [-0.2, 0) is 11.8 Å². The molecule has 1 rings (SSSR count). The molecule has 2 nitrogen and oxygen atoms in total. The van der Waals surface area contributed by atoms with Crippen molar-refractivity contribution >= 4 is 5.91 Å². The number of hydrogen-bond donors (Lipinski definition) is 1. The minimum atomic E-state index is -0.207. The highest BCUT2D eigenvalue weighted by Crippen LogP contribution is 2.25. The molecule has 0 fully saturated rings. The van der Waals surface area contributed by atoms with Gasteiger partial charge >= 0.3 is 0 Å². The first-order chi connectivity index (χ1) is 8.53. The van der Waals surface area contributed by atoms with E-state index in [9.17, 15) is 4.79 Å². The van der Waals surface area contributed by atoms with E-state index in [-0.39, 0.29) is 16.9 Å². The van der Waals surface area contributed by atoms with Gasteiger partial charge in [0.25, 0.3) is 5.91 Å². The molecule has 0 aliphatic rings. The van der Waals surface area contributed by atoms with Crippen molar-refractivity contribution in [3.63, 3.8) is 0 Å². The third-order valence-electron chi connectivity index (χ3n) is 3.02. The highest BCUT2D eigenvalue weighted by Gasteiger charge is 2.19. The third kappa shape index (κ3) is 4.70. The summed E-state index contributed by atoms with van der Waals surface area (Å²) >= 11 is 0. The fraction of sp³-hybridized carbons (Fsp3) is 0.588. The van der Waals surface area contributed by atoms with Crippen LogP contribution in [0.4, 0.5) is 0 Å². The van der Waals surface area contributed by atoms with Gasteiger partial charge in [0.15, 0.2) is 0 Å². The number of aryl methyl sites for hydroxylation is 1. The van der Waals surface area contributed by atoms with Crippen LogP contribution in [0.25, 0.3) is 0 Å². The maximum atomic E-state index is 12.3. The molecule has 0 atom stereocenters. The number of hydrogen-bond acceptors (Lipinski definition) is 1. The molecule has 0 bridgehead atoms. The van der Waals surface area contributed by atoms with Crippen LogP contribution in [0.3, 0.4) is 0 Å². The van der Waals surface area contributed by atoms with Crippen molar-refractivity contribution in [1.82, 2.24) is 5.32 Å². The lowest BCUT2D eigenvalue weighted by molar-refractivity contribution is 0.0919. The molecule has 0 saturated heterocycles. The summed E-state index contributed by atoms with van der Waals surface area (Å²) in [7, 11) is 0. The van der Waals surface area contributed by atoms with E-state index >= 15 is 0 Å². The first kappa shape index (κ1) is 15.7. The first-order valence-electron chi connectivity index (χ1n) is 7.00. The lowest BCUT2D eigenvalue weighted by Gasteiger charge is -2.23. The van der Waals surface area contributed by atoms with Crippen LogP contribution < -0.4 is 5.32 Å². The van der Waals surface area contributed by atoms with E-state index < -0.39 is 0 Å². The van der Waals surface area contributed by atoms with Gasteiger partial charge in [0.05, 0.1) is 0 Å². The average Bonchev–Trinajstić information content (AvgIpc) is 2.25. The van der Waals surface area contributed by atoms with Crippen LogP contribution in [-0.4, -0.2) is 11.4 Å². The number of carbonyl (C=O) groups is 1. The lowest BCUT2D eigenvalue weighted by Crippen LogP contribution is -2.40. The van der Waals surface area contributed by atoms with Crippen molar-refractivity contribution in [2.24, 2.45) is 0 Å². The van der Waals surface area contributed by atoms with Crippen LogP contribution in [0, 0.1) is 0 Å². The molecule has 1 aromatic carbocycles. The topological polar surface area (TPSA) is 29.1 Å². The second-order valence-corrected chi connectivity index (χ2v) is 7.23. The Labute approximate surface area is 117 Å². The van der Waals surface area contributed by atoms with Crippen LogP contribution in [0.5, 0.6) is 0 Å². The van der Waals surface area contributed by atoms with E-state index in [0.717, 1.165) is 12.0 Å². The molecule has 1 N–H and O–H groups in total. The van der Waals surface area contributed by atoms with Gasteiger partial charge < -0.3 is 5.32 Å². The largest absolute Gasteiger partial charge is 0.347 e. The summed E-state index contributed by atoms with van der Waals surface area (Å²) in [6.07, 6.45) is 0.944. The van der Waals surface area contributed by atoms with Crippen molar-refractivity contribution in [3.8, 4) is 0 Å². The minimum Gasteiger partial charge on any atom is -0.347 e. The zero-order valence-electron chi connectivity index (χ0n) is 13.3. The van der Waals surface area contributed by atoms with Gasteiger partial charge in [-0.1, -0.05) is 33.8 Å². The Kier molecular flexibility index (Phi) is 4.44. The number of benzene rings is 1. The predicted molar refractivity (Wildman–Crippen MR) is 81.7 cm³/mol. The third-order valence-corrected chi connectivity index (χ3v) is 3.02. The van der Waals surface area contributed by atoms with Gasteiger partial charge in [-0.2, -0.15) is 0 Å². The summed E-state index contributed by atoms with van der Waals surface area (Å²) in [5.74, 6) is 0.00769. The number of amides is 1.